The van der Waals surface area contributed by atoms with Gasteiger partial charge in [-0.15, -0.1) is 10.2 Å². The highest BCUT2D eigenvalue weighted by atomic mass is 16.4. The van der Waals surface area contributed by atoms with Crippen LogP contribution < -0.4 is 27.1 Å². The summed E-state index contributed by atoms with van der Waals surface area (Å²) in [7, 11) is 0. The molecule has 5 rings (SSSR count). The van der Waals surface area contributed by atoms with Gasteiger partial charge in [-0.05, 0) is 61.4 Å². The van der Waals surface area contributed by atoms with Gasteiger partial charge in [-0.2, -0.15) is 25.2 Å². The molecule has 3 aromatic heterocycles. The van der Waals surface area contributed by atoms with Gasteiger partial charge < -0.3 is 51.7 Å². The molecule has 25 nitrogen and oxygen atoms in total. The van der Waals surface area contributed by atoms with Gasteiger partial charge in [0.15, 0.2) is 0 Å². The van der Waals surface area contributed by atoms with Crippen molar-refractivity contribution >= 4 is 64.5 Å². The average Bonchev–Trinajstić information content (AvgIpc) is 3.21. The van der Waals surface area contributed by atoms with Crippen molar-refractivity contribution in [3.05, 3.63) is 103 Å². The summed E-state index contributed by atoms with van der Waals surface area (Å²) >= 11 is 0. The summed E-state index contributed by atoms with van der Waals surface area (Å²) in [6, 6.07) is 8.56. The van der Waals surface area contributed by atoms with Gasteiger partial charge >= 0.3 is 23.9 Å². The third-order valence-corrected chi connectivity index (χ3v) is 8.52. The third-order valence-electron chi connectivity index (χ3n) is 8.52. The zero-order valence-corrected chi connectivity index (χ0v) is 32.5. The molecule has 5 aromatic rings. The van der Waals surface area contributed by atoms with Crippen LogP contribution in [0, 0.1) is 13.8 Å². The Kier molecular flexibility index (Phi) is 13.9. The van der Waals surface area contributed by atoms with E-state index in [0.29, 0.717) is 0 Å². The zero-order valence-electron chi connectivity index (χ0n) is 32.5. The van der Waals surface area contributed by atoms with Crippen LogP contribution in [0.25, 0.3) is 0 Å². The first-order valence-electron chi connectivity index (χ1n) is 18.0. The molecule has 0 aliphatic heterocycles. The standard InChI is InChI=1S/C37H36N12O13/c1-17-9-25(51)48(29(53)27(17)46-44-23-13-19(31(55)56)11-20(14-23)32(57)58)6-3-38-35-41-36(43-37(42-35)40-5-8-50)39-4-7-49-26(52)10-18(2)28(30(49)54)47-45-24-15-21(33(59)60)12-22(16-24)34(61)62/h9-16,50,53-54H,3-8H2,1-2H3,(H,55,56)(H,57,58)(H,59,60)(H,61,62)(H3,38,39,40,41,42,43). The van der Waals surface area contributed by atoms with E-state index in [1.807, 2.05) is 0 Å². The molecular weight excluding hydrogens is 820 g/mol. The van der Waals surface area contributed by atoms with Crippen LogP contribution in [0.4, 0.5) is 40.6 Å². The van der Waals surface area contributed by atoms with Crippen LogP contribution in [0.2, 0.25) is 0 Å². The third kappa shape index (κ3) is 10.9. The van der Waals surface area contributed by atoms with Gasteiger partial charge in [0.25, 0.3) is 11.1 Å². The fourth-order valence-electron chi connectivity index (χ4n) is 5.55. The van der Waals surface area contributed by atoms with E-state index in [0.717, 1.165) is 45.5 Å². The number of rotatable bonds is 19. The van der Waals surface area contributed by atoms with Crippen molar-refractivity contribution in [2.24, 2.45) is 20.5 Å². The van der Waals surface area contributed by atoms with Crippen molar-refractivity contribution in [1.82, 2.24) is 24.1 Å². The first-order valence-corrected chi connectivity index (χ1v) is 18.0. The summed E-state index contributed by atoms with van der Waals surface area (Å²) < 4.78 is 1.91. The summed E-state index contributed by atoms with van der Waals surface area (Å²) in [6.07, 6.45) is 0. The molecular formula is C37H36N12O13. The Morgan fingerprint density at radius 2 is 0.855 bits per heavy atom. The van der Waals surface area contributed by atoms with Crippen LogP contribution in [0.1, 0.15) is 52.6 Å². The van der Waals surface area contributed by atoms with Crippen molar-refractivity contribution in [1.29, 1.82) is 0 Å². The molecule has 0 amide bonds. The normalized spacial score (nSPS) is 11.2. The molecule has 0 unspecified atom stereocenters. The van der Waals surface area contributed by atoms with Gasteiger partial charge in [0.2, 0.25) is 29.6 Å². The minimum Gasteiger partial charge on any atom is -0.493 e. The summed E-state index contributed by atoms with van der Waals surface area (Å²) in [5.74, 6) is -6.87. The Hall–Kier alpha value is -8.61. The van der Waals surface area contributed by atoms with Crippen molar-refractivity contribution < 1.29 is 54.9 Å². The van der Waals surface area contributed by atoms with Gasteiger partial charge in [0.1, 0.15) is 11.4 Å². The van der Waals surface area contributed by atoms with Crippen molar-refractivity contribution in [2.75, 3.05) is 42.2 Å². The number of aryl methyl sites for hydroxylation is 2. The number of aliphatic hydroxyl groups excluding tert-OH is 1. The van der Waals surface area contributed by atoms with Crippen molar-refractivity contribution in [2.45, 2.75) is 26.9 Å². The highest BCUT2D eigenvalue weighted by Gasteiger charge is 2.17. The fraction of sp³-hybridized carbons (Fsp3) is 0.216. The van der Waals surface area contributed by atoms with E-state index >= 15 is 0 Å². The van der Waals surface area contributed by atoms with Crippen LogP contribution >= 0.6 is 0 Å². The van der Waals surface area contributed by atoms with E-state index in [1.165, 1.54) is 26.0 Å². The second kappa shape index (κ2) is 19.4. The monoisotopic (exact) mass is 856 g/mol. The van der Waals surface area contributed by atoms with Gasteiger partial charge in [0.05, 0.1) is 40.2 Å². The number of carboxylic acid groups (broad SMARTS) is 4. The van der Waals surface area contributed by atoms with E-state index < -0.39 is 46.8 Å². The maximum atomic E-state index is 12.9. The van der Waals surface area contributed by atoms with Crippen LogP contribution in [-0.4, -0.2) is 110 Å². The molecule has 0 bridgehead atoms. The smallest absolute Gasteiger partial charge is 0.335 e. The van der Waals surface area contributed by atoms with Crippen LogP contribution in [0.3, 0.4) is 0 Å². The Balaban J connectivity index is 1.31. The van der Waals surface area contributed by atoms with Crippen molar-refractivity contribution in [3.8, 4) is 11.8 Å². The molecule has 322 valence electrons. The number of nitrogens with one attached hydrogen (secondary N) is 3. The topological polar surface area (TPSA) is 378 Å². The first kappa shape index (κ1) is 44.5. The molecule has 0 spiro atoms. The molecule has 0 saturated carbocycles. The number of aliphatic hydroxyl groups is 1. The largest absolute Gasteiger partial charge is 0.493 e. The Morgan fingerprint density at radius 3 is 1.16 bits per heavy atom. The van der Waals surface area contributed by atoms with Crippen LogP contribution in [-0.2, 0) is 13.1 Å². The highest BCUT2D eigenvalue weighted by Crippen LogP contribution is 2.32. The number of nitrogens with zero attached hydrogens (tertiary/aromatic N) is 9. The summed E-state index contributed by atoms with van der Waals surface area (Å²) in [5, 5.41) is 93.1. The van der Waals surface area contributed by atoms with E-state index in [4.69, 9.17) is 0 Å². The van der Waals surface area contributed by atoms with Crippen LogP contribution in [0.15, 0.2) is 78.6 Å². The number of azo groups is 2. The second-order valence-electron chi connectivity index (χ2n) is 12.9. The SMILES string of the molecule is Cc1cc(=O)n(CCNc2nc(NCCO)nc(NCCn3c(O)c(N=Nc4cc(C(=O)O)cc(C(=O)O)c4)c(C)cc3=O)n2)c(O)c1N=Nc1cc(C(=O)O)cc(C(=O)O)c1. The lowest BCUT2D eigenvalue weighted by Crippen LogP contribution is -2.25. The summed E-state index contributed by atoms with van der Waals surface area (Å²) in [4.78, 5) is 84.5. The Morgan fingerprint density at radius 1 is 0.532 bits per heavy atom. The molecule has 0 fully saturated rings. The summed E-state index contributed by atoms with van der Waals surface area (Å²) in [5.41, 5.74) is -2.84. The zero-order chi connectivity index (χ0) is 45.2. The minimum atomic E-state index is -1.40. The quantitative estimate of drug-likeness (QED) is 0.0531. The molecule has 0 aliphatic carbocycles. The number of hydrogen-bond acceptors (Lipinski definition) is 19. The number of aromatic carboxylic acids is 4. The first-order chi connectivity index (χ1) is 29.4. The Bertz CT molecular complexity index is 2520. The fourth-order valence-corrected chi connectivity index (χ4v) is 5.55. The predicted molar refractivity (Wildman–Crippen MR) is 216 cm³/mol. The molecule has 25 heteroatoms. The predicted octanol–water partition coefficient (Wildman–Crippen LogP) is 3.48. The molecule has 0 radical (unpaired) electrons. The summed E-state index contributed by atoms with van der Waals surface area (Å²) in [6.45, 7) is 2.22. The number of carbonyl (C=O) groups is 4. The maximum Gasteiger partial charge on any atom is 0.335 e. The van der Waals surface area contributed by atoms with Gasteiger partial charge in [-0.25, -0.2) is 19.2 Å². The lowest BCUT2D eigenvalue weighted by atomic mass is 10.1. The van der Waals surface area contributed by atoms with E-state index in [1.54, 1.807) is 0 Å². The van der Waals surface area contributed by atoms with Gasteiger partial charge in [-0.1, -0.05) is 0 Å². The average molecular weight is 857 g/mol. The van der Waals surface area contributed by atoms with Crippen molar-refractivity contribution in [3.63, 3.8) is 0 Å². The number of carboxylic acids is 4. The number of pyridine rings is 2. The molecule has 62 heavy (non-hydrogen) atoms. The van der Waals surface area contributed by atoms with E-state index in [9.17, 15) is 64.5 Å². The Labute approximate surface area is 347 Å². The minimum absolute atomic E-state index is 0.00573. The number of hydrogen-bond donors (Lipinski definition) is 10. The molecule has 10 N–H and O–H groups in total. The lowest BCUT2D eigenvalue weighted by Gasteiger charge is -2.14. The molecule has 0 saturated heterocycles. The van der Waals surface area contributed by atoms with Gasteiger partial charge in [0, 0.05) is 44.9 Å². The highest BCUT2D eigenvalue weighted by molar-refractivity contribution is 5.96. The van der Waals surface area contributed by atoms with Crippen LogP contribution in [0.5, 0.6) is 11.8 Å². The maximum absolute atomic E-state index is 12.9. The molecule has 0 atom stereocenters. The number of aromatic nitrogens is 5. The number of anilines is 3. The molecule has 2 aromatic carbocycles. The number of aromatic hydroxyl groups is 2. The van der Waals surface area contributed by atoms with E-state index in [2.05, 4.69) is 51.4 Å². The van der Waals surface area contributed by atoms with Gasteiger partial charge in [-0.3, -0.25) is 18.7 Å². The van der Waals surface area contributed by atoms with E-state index in [-0.39, 0.29) is 113 Å². The number of benzene rings is 2. The molecule has 0 aliphatic rings. The lowest BCUT2D eigenvalue weighted by molar-refractivity contribution is 0.0676. The second-order valence-corrected chi connectivity index (χ2v) is 12.9. The molecule has 3 heterocycles.